The summed E-state index contributed by atoms with van der Waals surface area (Å²) < 4.78 is 0. The molecule has 1 aliphatic rings. The monoisotopic (exact) mass is 234 g/mol. The first kappa shape index (κ1) is 11.9. The predicted octanol–water partition coefficient (Wildman–Crippen LogP) is 1.30. The molecular formula is C13H18N2O2. The molecular weight excluding hydrogens is 216 g/mol. The summed E-state index contributed by atoms with van der Waals surface area (Å²) in [4.78, 5) is 13.5. The molecule has 0 atom stereocenters. The second kappa shape index (κ2) is 4.75. The van der Waals surface area contributed by atoms with Gasteiger partial charge in [0, 0.05) is 0 Å². The summed E-state index contributed by atoms with van der Waals surface area (Å²) in [5.41, 5.74) is 6.55. The zero-order valence-electron chi connectivity index (χ0n) is 10.0. The molecule has 1 amide bonds. The summed E-state index contributed by atoms with van der Waals surface area (Å²) in [6, 6.07) is 5.18. The Balaban J connectivity index is 2.21. The van der Waals surface area contributed by atoms with Crippen LogP contribution in [0.25, 0.3) is 0 Å². The third-order valence-electron chi connectivity index (χ3n) is 3.48. The molecule has 0 aliphatic carbocycles. The van der Waals surface area contributed by atoms with Crippen LogP contribution in [0.3, 0.4) is 0 Å². The second-order valence-electron chi connectivity index (χ2n) is 4.72. The molecule has 1 saturated heterocycles. The molecule has 4 heteroatoms. The fourth-order valence-electron chi connectivity index (χ4n) is 2.35. The lowest BCUT2D eigenvalue weighted by Crippen LogP contribution is -2.29. The van der Waals surface area contributed by atoms with E-state index in [0.717, 1.165) is 31.5 Å². The van der Waals surface area contributed by atoms with Crippen molar-refractivity contribution in [3.05, 3.63) is 29.3 Å². The van der Waals surface area contributed by atoms with Crippen LogP contribution < -0.4 is 5.73 Å². The quantitative estimate of drug-likeness (QED) is 0.810. The normalized spacial score (nSPS) is 18.2. The van der Waals surface area contributed by atoms with Crippen molar-refractivity contribution in [3.8, 4) is 5.75 Å². The molecule has 0 radical (unpaired) electrons. The van der Waals surface area contributed by atoms with Gasteiger partial charge in [0.1, 0.15) is 5.75 Å². The van der Waals surface area contributed by atoms with Gasteiger partial charge in [-0.05, 0) is 56.6 Å². The highest BCUT2D eigenvalue weighted by Crippen LogP contribution is 2.30. The second-order valence-corrected chi connectivity index (χ2v) is 4.72. The van der Waals surface area contributed by atoms with Crippen molar-refractivity contribution in [2.75, 3.05) is 20.1 Å². The van der Waals surface area contributed by atoms with Gasteiger partial charge in [-0.2, -0.15) is 0 Å². The summed E-state index contributed by atoms with van der Waals surface area (Å²) >= 11 is 0. The van der Waals surface area contributed by atoms with Crippen LogP contribution in [0, 0.1) is 0 Å². The summed E-state index contributed by atoms with van der Waals surface area (Å²) in [7, 11) is 2.11. The van der Waals surface area contributed by atoms with Gasteiger partial charge < -0.3 is 15.7 Å². The zero-order chi connectivity index (χ0) is 12.4. The third-order valence-corrected chi connectivity index (χ3v) is 3.48. The average Bonchev–Trinajstić information content (AvgIpc) is 2.30. The lowest BCUT2D eigenvalue weighted by Gasteiger charge is -2.29. The maximum Gasteiger partial charge on any atom is 0.252 e. The molecule has 92 valence electrons. The van der Waals surface area contributed by atoms with Gasteiger partial charge in [-0.15, -0.1) is 0 Å². The lowest BCUT2D eigenvalue weighted by molar-refractivity contribution is 0.0997. The predicted molar refractivity (Wildman–Crippen MR) is 66.1 cm³/mol. The van der Waals surface area contributed by atoms with Crippen LogP contribution in [0.4, 0.5) is 0 Å². The number of primary amides is 1. The molecule has 1 aliphatic heterocycles. The van der Waals surface area contributed by atoms with E-state index in [1.165, 1.54) is 0 Å². The highest BCUT2D eigenvalue weighted by Gasteiger charge is 2.20. The van der Waals surface area contributed by atoms with E-state index < -0.39 is 5.91 Å². The minimum atomic E-state index is -0.572. The molecule has 1 aromatic carbocycles. The molecule has 17 heavy (non-hydrogen) atoms. The number of carbonyl (C=O) groups is 1. The number of hydrogen-bond acceptors (Lipinski definition) is 3. The SMILES string of the molecule is CN1CCC(c2ccc(O)c(C(N)=O)c2)CC1. The molecule has 0 aromatic heterocycles. The summed E-state index contributed by atoms with van der Waals surface area (Å²) in [5, 5.41) is 9.54. The summed E-state index contributed by atoms with van der Waals surface area (Å²) in [6.07, 6.45) is 2.17. The van der Waals surface area contributed by atoms with Crippen molar-refractivity contribution in [3.63, 3.8) is 0 Å². The van der Waals surface area contributed by atoms with Crippen LogP contribution >= 0.6 is 0 Å². The van der Waals surface area contributed by atoms with E-state index >= 15 is 0 Å². The van der Waals surface area contributed by atoms with E-state index in [9.17, 15) is 9.90 Å². The Kier molecular flexibility index (Phi) is 3.33. The fourth-order valence-corrected chi connectivity index (χ4v) is 2.35. The number of nitrogens with zero attached hydrogens (tertiary/aromatic N) is 1. The Hall–Kier alpha value is -1.55. The molecule has 0 saturated carbocycles. The van der Waals surface area contributed by atoms with Crippen molar-refractivity contribution >= 4 is 5.91 Å². The summed E-state index contributed by atoms with van der Waals surface area (Å²) in [6.45, 7) is 2.13. The fraction of sp³-hybridized carbons (Fsp3) is 0.462. The smallest absolute Gasteiger partial charge is 0.252 e. The van der Waals surface area contributed by atoms with E-state index in [2.05, 4.69) is 11.9 Å². The standard InChI is InChI=1S/C13H18N2O2/c1-15-6-4-9(5-7-15)10-2-3-12(16)11(8-10)13(14)17/h2-3,8-9,16H,4-7H2,1H3,(H2,14,17). The van der Waals surface area contributed by atoms with E-state index in [1.807, 2.05) is 6.07 Å². The van der Waals surface area contributed by atoms with Gasteiger partial charge in [0.25, 0.3) is 5.91 Å². The topological polar surface area (TPSA) is 66.6 Å². The van der Waals surface area contributed by atoms with Gasteiger partial charge in [-0.3, -0.25) is 4.79 Å². The van der Waals surface area contributed by atoms with Gasteiger partial charge in [0.05, 0.1) is 5.56 Å². The zero-order valence-corrected chi connectivity index (χ0v) is 10.0. The highest BCUT2D eigenvalue weighted by atomic mass is 16.3. The molecule has 0 unspecified atom stereocenters. The maximum absolute atomic E-state index is 11.2. The van der Waals surface area contributed by atoms with Gasteiger partial charge in [-0.25, -0.2) is 0 Å². The van der Waals surface area contributed by atoms with E-state index in [4.69, 9.17) is 5.73 Å². The van der Waals surface area contributed by atoms with E-state index in [0.29, 0.717) is 5.92 Å². The Morgan fingerprint density at radius 3 is 2.65 bits per heavy atom. The van der Waals surface area contributed by atoms with Gasteiger partial charge in [0.2, 0.25) is 0 Å². The first-order valence-corrected chi connectivity index (χ1v) is 5.89. The number of hydrogen-bond donors (Lipinski definition) is 2. The minimum Gasteiger partial charge on any atom is -0.507 e. The Labute approximate surface area is 101 Å². The minimum absolute atomic E-state index is 0.0332. The first-order chi connectivity index (χ1) is 8.08. The average molecular weight is 234 g/mol. The molecule has 3 N–H and O–H groups in total. The molecule has 1 heterocycles. The molecule has 1 aromatic rings. The van der Waals surface area contributed by atoms with Crippen LogP contribution in [0.2, 0.25) is 0 Å². The lowest BCUT2D eigenvalue weighted by atomic mass is 9.88. The van der Waals surface area contributed by atoms with Crippen molar-refractivity contribution in [2.45, 2.75) is 18.8 Å². The Morgan fingerprint density at radius 2 is 2.06 bits per heavy atom. The van der Waals surface area contributed by atoms with Gasteiger partial charge in [0.15, 0.2) is 0 Å². The van der Waals surface area contributed by atoms with E-state index in [-0.39, 0.29) is 11.3 Å². The van der Waals surface area contributed by atoms with Crippen LogP contribution in [-0.4, -0.2) is 36.1 Å². The third kappa shape index (κ3) is 2.58. The van der Waals surface area contributed by atoms with Crippen molar-refractivity contribution in [2.24, 2.45) is 5.73 Å². The van der Waals surface area contributed by atoms with Gasteiger partial charge in [-0.1, -0.05) is 6.07 Å². The van der Waals surface area contributed by atoms with Crippen molar-refractivity contribution in [1.82, 2.24) is 4.90 Å². The number of likely N-dealkylation sites (tertiary alicyclic amines) is 1. The largest absolute Gasteiger partial charge is 0.507 e. The number of piperidine rings is 1. The Bertz CT molecular complexity index is 423. The van der Waals surface area contributed by atoms with Crippen molar-refractivity contribution in [1.29, 1.82) is 0 Å². The summed E-state index contributed by atoms with van der Waals surface area (Å²) in [5.74, 6) is -0.142. The van der Waals surface area contributed by atoms with E-state index in [1.54, 1.807) is 12.1 Å². The van der Waals surface area contributed by atoms with Crippen molar-refractivity contribution < 1.29 is 9.90 Å². The maximum atomic E-state index is 11.2. The number of rotatable bonds is 2. The van der Waals surface area contributed by atoms with Crippen LogP contribution in [-0.2, 0) is 0 Å². The molecule has 2 rings (SSSR count). The van der Waals surface area contributed by atoms with Crippen LogP contribution in [0.5, 0.6) is 5.75 Å². The highest BCUT2D eigenvalue weighted by molar-refractivity contribution is 5.95. The van der Waals surface area contributed by atoms with Gasteiger partial charge >= 0.3 is 0 Å². The number of amides is 1. The van der Waals surface area contributed by atoms with Crippen LogP contribution in [0.15, 0.2) is 18.2 Å². The molecule has 4 nitrogen and oxygen atoms in total. The first-order valence-electron chi connectivity index (χ1n) is 5.89. The number of carbonyl (C=O) groups excluding carboxylic acids is 1. The number of nitrogens with two attached hydrogens (primary N) is 1. The number of aromatic hydroxyl groups is 1. The Morgan fingerprint density at radius 1 is 1.41 bits per heavy atom. The number of phenols is 1. The number of benzene rings is 1. The molecule has 1 fully saturated rings. The molecule has 0 bridgehead atoms. The molecule has 0 spiro atoms. The van der Waals surface area contributed by atoms with Crippen LogP contribution in [0.1, 0.15) is 34.7 Å².